The number of carboxylic acid groups (broad SMARTS) is 1. The van der Waals surface area contributed by atoms with Crippen molar-refractivity contribution in [2.24, 2.45) is 0 Å². The van der Waals surface area contributed by atoms with Gasteiger partial charge in [0.1, 0.15) is 16.3 Å². The third kappa shape index (κ3) is 5.48. The summed E-state index contributed by atoms with van der Waals surface area (Å²) in [5.74, 6) is -2.38. The highest BCUT2D eigenvalue weighted by molar-refractivity contribution is 9.10. The Bertz CT molecular complexity index is 1140. The van der Waals surface area contributed by atoms with Gasteiger partial charge in [0.15, 0.2) is 5.78 Å². The number of ketones is 1. The molecule has 6 nitrogen and oxygen atoms in total. The molecule has 158 valence electrons. The first kappa shape index (κ1) is 22.5. The van der Waals surface area contributed by atoms with Gasteiger partial charge in [-0.05, 0) is 36.8 Å². The topological polar surface area (TPSA) is 92.7 Å². The normalized spacial score (nSPS) is 11.1. The molecular formula is C23H18BrNO5S. The molecule has 0 aliphatic heterocycles. The van der Waals surface area contributed by atoms with E-state index in [1.54, 1.807) is 36.6 Å². The Hall–Kier alpha value is -3.23. The molecule has 0 saturated carbocycles. The minimum atomic E-state index is -1.32. The second-order valence-corrected chi connectivity index (χ2v) is 8.09. The molecule has 3 aromatic rings. The second-order valence-electron chi connectivity index (χ2n) is 6.30. The minimum Gasteiger partial charge on any atom is -0.477 e. The van der Waals surface area contributed by atoms with Crippen LogP contribution >= 0.6 is 27.3 Å². The number of hydrogen-bond donors (Lipinski definition) is 2. The minimum absolute atomic E-state index is 0.173. The van der Waals surface area contributed by atoms with Crippen molar-refractivity contribution in [2.75, 3.05) is 11.9 Å². The molecule has 0 radical (unpaired) electrons. The summed E-state index contributed by atoms with van der Waals surface area (Å²) < 4.78 is 5.98. The van der Waals surface area contributed by atoms with Crippen LogP contribution in [0.1, 0.15) is 27.6 Å². The number of anilines is 1. The van der Waals surface area contributed by atoms with Crippen LogP contribution in [0.2, 0.25) is 0 Å². The third-order valence-corrected chi connectivity index (χ3v) is 5.66. The molecule has 1 aromatic heterocycles. The lowest BCUT2D eigenvalue weighted by atomic mass is 10.0. The van der Waals surface area contributed by atoms with Gasteiger partial charge < -0.3 is 15.2 Å². The van der Waals surface area contributed by atoms with E-state index in [4.69, 9.17) is 4.74 Å². The molecule has 2 aromatic carbocycles. The zero-order valence-corrected chi connectivity index (χ0v) is 18.8. The zero-order chi connectivity index (χ0) is 22.4. The fourth-order valence-electron chi connectivity index (χ4n) is 2.79. The van der Waals surface area contributed by atoms with E-state index in [2.05, 4.69) is 21.2 Å². The number of carbonyl (C=O) groups excluding carboxylic acids is 2. The summed E-state index contributed by atoms with van der Waals surface area (Å²) in [6.45, 7) is 1.87. The van der Waals surface area contributed by atoms with Gasteiger partial charge in [-0.15, -0.1) is 11.3 Å². The van der Waals surface area contributed by atoms with Gasteiger partial charge in [0.05, 0.1) is 6.61 Å². The van der Waals surface area contributed by atoms with E-state index in [1.807, 2.05) is 30.3 Å². The lowest BCUT2D eigenvalue weighted by Crippen LogP contribution is -2.15. The van der Waals surface area contributed by atoms with Crippen LogP contribution in [0.5, 0.6) is 0 Å². The Morgan fingerprint density at radius 3 is 2.39 bits per heavy atom. The van der Waals surface area contributed by atoms with Crippen molar-refractivity contribution < 1.29 is 24.2 Å². The number of benzene rings is 2. The maximum atomic E-state index is 12.7. The van der Waals surface area contributed by atoms with E-state index in [1.165, 1.54) is 0 Å². The molecule has 8 heteroatoms. The molecule has 1 heterocycles. The zero-order valence-electron chi connectivity index (χ0n) is 16.4. The molecule has 0 unspecified atom stereocenters. The number of halogens is 1. The van der Waals surface area contributed by atoms with E-state index < -0.39 is 17.7 Å². The van der Waals surface area contributed by atoms with E-state index in [0.717, 1.165) is 27.4 Å². The molecule has 3 rings (SSSR count). The van der Waals surface area contributed by atoms with E-state index >= 15 is 0 Å². The van der Waals surface area contributed by atoms with Crippen LogP contribution in [-0.4, -0.2) is 29.4 Å². The smallest absolute Gasteiger partial charge is 0.352 e. The van der Waals surface area contributed by atoms with Crippen molar-refractivity contribution >= 4 is 50.0 Å². The quantitative estimate of drug-likeness (QED) is 0.237. The first-order chi connectivity index (χ1) is 14.9. The number of esters is 1. The van der Waals surface area contributed by atoms with Crippen molar-refractivity contribution in [3.05, 3.63) is 87.4 Å². The second kappa shape index (κ2) is 10.2. The summed E-state index contributed by atoms with van der Waals surface area (Å²) in [4.78, 5) is 37.0. The monoisotopic (exact) mass is 499 g/mol. The average molecular weight is 500 g/mol. The van der Waals surface area contributed by atoms with Gasteiger partial charge in [0.25, 0.3) is 0 Å². The fraction of sp³-hybridized carbons (Fsp3) is 0.0870. The Morgan fingerprint density at radius 1 is 1.10 bits per heavy atom. The summed E-state index contributed by atoms with van der Waals surface area (Å²) in [5.41, 5.74) is 1.63. The first-order valence-corrected chi connectivity index (χ1v) is 10.9. The third-order valence-electron chi connectivity index (χ3n) is 4.24. The van der Waals surface area contributed by atoms with Gasteiger partial charge >= 0.3 is 11.9 Å². The van der Waals surface area contributed by atoms with Crippen LogP contribution in [0.3, 0.4) is 0 Å². The first-order valence-electron chi connectivity index (χ1n) is 9.26. The van der Waals surface area contributed by atoms with Crippen LogP contribution in [0, 0.1) is 0 Å². The van der Waals surface area contributed by atoms with Gasteiger partial charge in [-0.1, -0.05) is 46.3 Å². The van der Waals surface area contributed by atoms with Gasteiger partial charge in [-0.3, -0.25) is 4.79 Å². The number of nitrogens with one attached hydrogen (secondary N) is 1. The molecule has 0 saturated heterocycles. The van der Waals surface area contributed by atoms with E-state index in [-0.39, 0.29) is 22.9 Å². The molecule has 0 aliphatic carbocycles. The van der Waals surface area contributed by atoms with Gasteiger partial charge in [-0.2, -0.15) is 0 Å². The lowest BCUT2D eigenvalue weighted by Gasteiger charge is -2.10. The predicted molar refractivity (Wildman–Crippen MR) is 124 cm³/mol. The number of rotatable bonds is 8. The molecule has 0 atom stereocenters. The summed E-state index contributed by atoms with van der Waals surface area (Å²) >= 11 is 4.46. The van der Waals surface area contributed by atoms with Crippen molar-refractivity contribution in [3.63, 3.8) is 0 Å². The molecule has 0 fully saturated rings. The Balaban J connectivity index is 1.99. The Labute approximate surface area is 191 Å². The summed E-state index contributed by atoms with van der Waals surface area (Å²) in [5, 5.41) is 14.4. The number of ether oxygens (including phenoxy) is 1. The van der Waals surface area contributed by atoms with Crippen LogP contribution in [0.15, 0.2) is 76.2 Å². The fourth-order valence-corrected chi connectivity index (χ4v) is 4.02. The number of hydrogen-bond acceptors (Lipinski definition) is 6. The van der Waals surface area contributed by atoms with E-state index in [9.17, 15) is 19.5 Å². The summed E-state index contributed by atoms with van der Waals surface area (Å²) in [7, 11) is 0. The standard InChI is InChI=1S/C23H18BrNO5S/c1-2-30-23(29)20-17(14-6-4-3-5-7-14)13-31-21(20)25-18(22(27)28)12-19(26)15-8-10-16(24)11-9-15/h3-13,25H,2H2,1H3,(H,27,28)/b18-12-. The predicted octanol–water partition coefficient (Wildman–Crippen LogP) is 5.62. The molecule has 2 N–H and O–H groups in total. The van der Waals surface area contributed by atoms with E-state index in [0.29, 0.717) is 11.1 Å². The van der Waals surface area contributed by atoms with Gasteiger partial charge in [0.2, 0.25) is 0 Å². The number of carbonyl (C=O) groups is 3. The lowest BCUT2D eigenvalue weighted by molar-refractivity contribution is -0.132. The molecule has 31 heavy (non-hydrogen) atoms. The van der Waals surface area contributed by atoms with Gasteiger partial charge in [0, 0.05) is 27.1 Å². The maximum absolute atomic E-state index is 12.7. The van der Waals surface area contributed by atoms with Gasteiger partial charge in [-0.25, -0.2) is 9.59 Å². The van der Waals surface area contributed by atoms with Crippen LogP contribution < -0.4 is 5.32 Å². The largest absolute Gasteiger partial charge is 0.477 e. The molecule has 0 amide bonds. The molecule has 0 bridgehead atoms. The van der Waals surface area contributed by atoms with Crippen LogP contribution in [-0.2, 0) is 9.53 Å². The highest BCUT2D eigenvalue weighted by Gasteiger charge is 2.23. The number of allylic oxidation sites excluding steroid dienone is 1. The Kier molecular flexibility index (Phi) is 7.38. The van der Waals surface area contributed by atoms with Crippen molar-refractivity contribution in [1.29, 1.82) is 0 Å². The number of aliphatic carboxylic acids is 1. The molecule has 0 aliphatic rings. The molecule has 0 spiro atoms. The van der Waals surface area contributed by atoms with Crippen molar-refractivity contribution in [2.45, 2.75) is 6.92 Å². The van der Waals surface area contributed by atoms with Crippen LogP contribution in [0.4, 0.5) is 5.00 Å². The maximum Gasteiger partial charge on any atom is 0.352 e. The van der Waals surface area contributed by atoms with Crippen LogP contribution in [0.25, 0.3) is 11.1 Å². The van der Waals surface area contributed by atoms with Crippen molar-refractivity contribution in [3.8, 4) is 11.1 Å². The average Bonchev–Trinajstić information content (AvgIpc) is 3.18. The Morgan fingerprint density at radius 2 is 1.77 bits per heavy atom. The SMILES string of the molecule is CCOC(=O)c1c(-c2ccccc2)csc1N/C(=C\C(=O)c1ccc(Br)cc1)C(=O)O. The highest BCUT2D eigenvalue weighted by Crippen LogP contribution is 2.37. The number of thiophene rings is 1. The highest BCUT2D eigenvalue weighted by atomic mass is 79.9. The summed E-state index contributed by atoms with van der Waals surface area (Å²) in [6, 6.07) is 15.8. The number of carboxylic acids is 1. The molecular weight excluding hydrogens is 482 g/mol. The van der Waals surface area contributed by atoms with Crippen molar-refractivity contribution in [1.82, 2.24) is 0 Å². The summed E-state index contributed by atoms with van der Waals surface area (Å²) in [6.07, 6.45) is 1.00.